The number of para-hydroxylation sites is 2. The van der Waals surface area contributed by atoms with Gasteiger partial charge in [0.2, 0.25) is 0 Å². The molecule has 0 aliphatic carbocycles. The number of hydrogen-bond donors (Lipinski definition) is 2. The average Bonchev–Trinajstić information content (AvgIpc) is 2.83. The normalized spacial score (nSPS) is 11.3. The molecule has 0 heterocycles. The SMILES string of the molecule is CCC(C)NC(=O)c1ccccc1NC(=O)c1cccc(OCCOc2ccccc2)c1. The van der Waals surface area contributed by atoms with E-state index in [0.29, 0.717) is 35.8 Å². The van der Waals surface area contributed by atoms with Gasteiger partial charge in [-0.1, -0.05) is 43.3 Å². The molecule has 0 aliphatic rings. The van der Waals surface area contributed by atoms with Crippen LogP contribution in [-0.4, -0.2) is 31.1 Å². The molecule has 32 heavy (non-hydrogen) atoms. The highest BCUT2D eigenvalue weighted by Crippen LogP contribution is 2.19. The van der Waals surface area contributed by atoms with Crippen LogP contribution in [0.2, 0.25) is 0 Å². The molecule has 2 N–H and O–H groups in total. The lowest BCUT2D eigenvalue weighted by molar-refractivity contribution is 0.0940. The first-order chi connectivity index (χ1) is 15.6. The third kappa shape index (κ3) is 6.60. The van der Waals surface area contributed by atoms with E-state index < -0.39 is 0 Å². The number of benzene rings is 3. The summed E-state index contributed by atoms with van der Waals surface area (Å²) in [5, 5.41) is 5.76. The largest absolute Gasteiger partial charge is 0.490 e. The third-order valence-corrected chi connectivity index (χ3v) is 4.87. The maximum Gasteiger partial charge on any atom is 0.255 e. The topological polar surface area (TPSA) is 76.7 Å². The van der Waals surface area contributed by atoms with Crippen LogP contribution in [0.4, 0.5) is 5.69 Å². The maximum atomic E-state index is 12.8. The van der Waals surface area contributed by atoms with Crippen molar-refractivity contribution in [2.75, 3.05) is 18.5 Å². The Balaban J connectivity index is 1.59. The van der Waals surface area contributed by atoms with Crippen LogP contribution in [0.1, 0.15) is 41.0 Å². The van der Waals surface area contributed by atoms with Crippen LogP contribution in [0.25, 0.3) is 0 Å². The number of amides is 2. The summed E-state index contributed by atoms with van der Waals surface area (Å²) in [7, 11) is 0. The van der Waals surface area contributed by atoms with E-state index in [4.69, 9.17) is 9.47 Å². The lowest BCUT2D eigenvalue weighted by atomic mass is 10.1. The van der Waals surface area contributed by atoms with Crippen molar-refractivity contribution in [3.8, 4) is 11.5 Å². The summed E-state index contributed by atoms with van der Waals surface area (Å²) in [6.07, 6.45) is 0.823. The molecule has 6 heteroatoms. The molecule has 0 radical (unpaired) electrons. The van der Waals surface area contributed by atoms with Gasteiger partial charge in [0.15, 0.2) is 0 Å². The van der Waals surface area contributed by atoms with Crippen LogP contribution in [0.15, 0.2) is 78.9 Å². The Hall–Kier alpha value is -3.80. The Kier molecular flexibility index (Phi) is 8.26. The molecule has 3 rings (SSSR count). The fourth-order valence-electron chi connectivity index (χ4n) is 2.95. The van der Waals surface area contributed by atoms with Gasteiger partial charge in [0.05, 0.1) is 11.3 Å². The number of nitrogens with one attached hydrogen (secondary N) is 2. The number of carbonyl (C=O) groups excluding carboxylic acids is 2. The maximum absolute atomic E-state index is 12.8. The molecule has 0 saturated heterocycles. The van der Waals surface area contributed by atoms with Gasteiger partial charge in [0.25, 0.3) is 11.8 Å². The summed E-state index contributed by atoms with van der Waals surface area (Å²) in [6.45, 7) is 4.68. The minimum Gasteiger partial charge on any atom is -0.490 e. The lowest BCUT2D eigenvalue weighted by Gasteiger charge is -2.15. The summed E-state index contributed by atoms with van der Waals surface area (Å²) < 4.78 is 11.3. The predicted octanol–water partition coefficient (Wildman–Crippen LogP) is 4.93. The number of hydrogen-bond acceptors (Lipinski definition) is 4. The minimum atomic E-state index is -0.320. The highest BCUT2D eigenvalue weighted by molar-refractivity contribution is 6.09. The van der Waals surface area contributed by atoms with Gasteiger partial charge in [-0.2, -0.15) is 0 Å². The summed E-state index contributed by atoms with van der Waals surface area (Å²) >= 11 is 0. The monoisotopic (exact) mass is 432 g/mol. The zero-order chi connectivity index (χ0) is 22.8. The van der Waals surface area contributed by atoms with Gasteiger partial charge in [0.1, 0.15) is 24.7 Å². The second-order valence-electron chi connectivity index (χ2n) is 7.32. The van der Waals surface area contributed by atoms with Gasteiger partial charge >= 0.3 is 0 Å². The molecule has 6 nitrogen and oxygen atoms in total. The van der Waals surface area contributed by atoms with E-state index in [1.807, 2.05) is 44.2 Å². The first-order valence-corrected chi connectivity index (χ1v) is 10.7. The molecule has 1 atom stereocenters. The van der Waals surface area contributed by atoms with Crippen LogP contribution in [0.5, 0.6) is 11.5 Å². The van der Waals surface area contributed by atoms with Crippen LogP contribution in [0.3, 0.4) is 0 Å². The van der Waals surface area contributed by atoms with Gasteiger partial charge in [-0.15, -0.1) is 0 Å². The van der Waals surface area contributed by atoms with Crippen LogP contribution < -0.4 is 20.1 Å². The van der Waals surface area contributed by atoms with Crippen molar-refractivity contribution in [2.45, 2.75) is 26.3 Å². The predicted molar refractivity (Wildman–Crippen MR) is 125 cm³/mol. The molecule has 0 aliphatic heterocycles. The second kappa shape index (κ2) is 11.6. The Labute approximate surface area is 188 Å². The van der Waals surface area contributed by atoms with E-state index in [2.05, 4.69) is 10.6 Å². The van der Waals surface area contributed by atoms with Gasteiger partial charge in [-0.05, 0) is 55.8 Å². The van der Waals surface area contributed by atoms with Gasteiger partial charge in [0, 0.05) is 11.6 Å². The highest BCUT2D eigenvalue weighted by atomic mass is 16.5. The highest BCUT2D eigenvalue weighted by Gasteiger charge is 2.15. The van der Waals surface area contributed by atoms with E-state index in [0.717, 1.165) is 12.2 Å². The van der Waals surface area contributed by atoms with Crippen molar-refractivity contribution >= 4 is 17.5 Å². The minimum absolute atomic E-state index is 0.0472. The number of rotatable bonds is 10. The molecule has 2 amide bonds. The average molecular weight is 433 g/mol. The molecule has 166 valence electrons. The molecular formula is C26H28N2O4. The van der Waals surface area contributed by atoms with E-state index >= 15 is 0 Å². The van der Waals surface area contributed by atoms with E-state index in [-0.39, 0.29) is 17.9 Å². The Morgan fingerprint density at radius 2 is 1.47 bits per heavy atom. The van der Waals surface area contributed by atoms with Crippen molar-refractivity contribution in [1.82, 2.24) is 5.32 Å². The molecule has 0 spiro atoms. The second-order valence-corrected chi connectivity index (χ2v) is 7.32. The fraction of sp³-hybridized carbons (Fsp3) is 0.231. The lowest BCUT2D eigenvalue weighted by Crippen LogP contribution is -2.32. The zero-order valence-corrected chi connectivity index (χ0v) is 18.3. The van der Waals surface area contributed by atoms with Gasteiger partial charge < -0.3 is 20.1 Å². The van der Waals surface area contributed by atoms with Crippen LogP contribution in [0, 0.1) is 0 Å². The van der Waals surface area contributed by atoms with Crippen molar-refractivity contribution in [2.24, 2.45) is 0 Å². The molecule has 0 bridgehead atoms. The zero-order valence-electron chi connectivity index (χ0n) is 18.3. The molecule has 0 fully saturated rings. The quantitative estimate of drug-likeness (QED) is 0.446. The van der Waals surface area contributed by atoms with E-state index in [9.17, 15) is 9.59 Å². The molecule has 3 aromatic rings. The first kappa shape index (κ1) is 22.9. The summed E-state index contributed by atoms with van der Waals surface area (Å²) in [6, 6.07) is 23.4. The molecule has 3 aromatic carbocycles. The number of anilines is 1. The molecule has 0 saturated carbocycles. The third-order valence-electron chi connectivity index (χ3n) is 4.87. The number of carbonyl (C=O) groups is 2. The standard InChI is InChI=1S/C26H28N2O4/c1-3-19(2)27-26(30)23-14-7-8-15-24(23)28-25(29)20-10-9-13-22(18-20)32-17-16-31-21-11-5-4-6-12-21/h4-15,18-19H,3,16-17H2,1-2H3,(H,27,30)(H,28,29). The smallest absolute Gasteiger partial charge is 0.255 e. The van der Waals surface area contributed by atoms with Crippen molar-refractivity contribution in [1.29, 1.82) is 0 Å². The summed E-state index contributed by atoms with van der Waals surface area (Å²) in [5.41, 5.74) is 1.32. The molecule has 1 unspecified atom stereocenters. The Morgan fingerprint density at radius 3 is 2.22 bits per heavy atom. The number of ether oxygens (including phenoxy) is 2. The summed E-state index contributed by atoms with van der Waals surface area (Å²) in [4.78, 5) is 25.4. The summed E-state index contributed by atoms with van der Waals surface area (Å²) in [5.74, 6) is 0.808. The van der Waals surface area contributed by atoms with Gasteiger partial charge in [-0.25, -0.2) is 0 Å². The van der Waals surface area contributed by atoms with Crippen LogP contribution in [-0.2, 0) is 0 Å². The van der Waals surface area contributed by atoms with E-state index in [1.54, 1.807) is 48.5 Å². The molecule has 0 aromatic heterocycles. The van der Waals surface area contributed by atoms with Crippen molar-refractivity contribution in [3.05, 3.63) is 90.0 Å². The van der Waals surface area contributed by atoms with Gasteiger partial charge in [-0.3, -0.25) is 9.59 Å². The van der Waals surface area contributed by atoms with Crippen molar-refractivity contribution < 1.29 is 19.1 Å². The Bertz CT molecular complexity index is 1040. The molecular weight excluding hydrogens is 404 g/mol. The first-order valence-electron chi connectivity index (χ1n) is 10.7. The van der Waals surface area contributed by atoms with Crippen molar-refractivity contribution in [3.63, 3.8) is 0 Å². The fourth-order valence-corrected chi connectivity index (χ4v) is 2.95. The van der Waals surface area contributed by atoms with Crippen LogP contribution >= 0.6 is 0 Å². The van der Waals surface area contributed by atoms with E-state index in [1.165, 1.54) is 0 Å². The Morgan fingerprint density at radius 1 is 0.812 bits per heavy atom.